The molecule has 0 spiro atoms. The minimum absolute atomic E-state index is 0.713. The highest BCUT2D eigenvalue weighted by Gasteiger charge is 1.94. The molecule has 106 valence electrons. The second-order valence-electron chi connectivity index (χ2n) is 4.80. The van der Waals surface area contributed by atoms with E-state index in [0.29, 0.717) is 6.42 Å². The van der Waals surface area contributed by atoms with Gasteiger partial charge in [0.25, 0.3) is 0 Å². The van der Waals surface area contributed by atoms with Crippen LogP contribution in [0.4, 0.5) is 0 Å². The normalized spacial score (nSPS) is 10.5. The van der Waals surface area contributed by atoms with Crippen molar-refractivity contribution >= 4 is 6.29 Å². The Hall–Kier alpha value is -1.22. The second-order valence-corrected chi connectivity index (χ2v) is 4.80. The van der Waals surface area contributed by atoms with Crippen LogP contribution in [-0.4, -0.2) is 24.5 Å². The summed E-state index contributed by atoms with van der Waals surface area (Å²) in [7, 11) is 0. The van der Waals surface area contributed by atoms with Gasteiger partial charge in [-0.25, -0.2) is 0 Å². The number of hydrogen-bond donors (Lipinski definition) is 0. The Labute approximate surface area is 116 Å². The Morgan fingerprint density at radius 1 is 1.05 bits per heavy atom. The molecule has 0 radical (unpaired) electrons. The lowest BCUT2D eigenvalue weighted by atomic mass is 10.1. The molecule has 3 heteroatoms. The average molecular weight is 263 g/mol. The first-order valence-electron chi connectivity index (χ1n) is 7.34. The second kappa shape index (κ2) is 11.8. The van der Waals surface area contributed by atoms with Crippen molar-refractivity contribution in [2.45, 2.75) is 51.4 Å². The molecular weight excluding hydrogens is 238 g/mol. The third-order valence-electron chi connectivity index (χ3n) is 3.09. The number of rotatable bonds is 12. The third kappa shape index (κ3) is 9.37. The molecule has 19 heavy (non-hydrogen) atoms. The molecule has 0 saturated carbocycles. The first kappa shape index (κ1) is 15.8. The van der Waals surface area contributed by atoms with Crippen molar-refractivity contribution in [3.63, 3.8) is 0 Å². The zero-order valence-corrected chi connectivity index (χ0v) is 11.7. The van der Waals surface area contributed by atoms with Gasteiger partial charge in [0, 0.05) is 32.0 Å². The van der Waals surface area contributed by atoms with Crippen LogP contribution in [0, 0.1) is 0 Å². The maximum atomic E-state index is 10.1. The van der Waals surface area contributed by atoms with Gasteiger partial charge in [0.15, 0.2) is 0 Å². The van der Waals surface area contributed by atoms with Gasteiger partial charge in [0.1, 0.15) is 6.29 Å². The number of ether oxygens (including phenoxy) is 1. The molecule has 0 amide bonds. The van der Waals surface area contributed by atoms with Gasteiger partial charge in [-0.2, -0.15) is 0 Å². The monoisotopic (exact) mass is 263 g/mol. The maximum Gasteiger partial charge on any atom is 0.119 e. The van der Waals surface area contributed by atoms with E-state index in [9.17, 15) is 4.79 Å². The zero-order valence-electron chi connectivity index (χ0n) is 11.7. The van der Waals surface area contributed by atoms with E-state index in [1.807, 2.05) is 12.3 Å². The fourth-order valence-corrected chi connectivity index (χ4v) is 1.99. The Morgan fingerprint density at radius 3 is 2.63 bits per heavy atom. The number of hydrogen-bond acceptors (Lipinski definition) is 3. The lowest BCUT2D eigenvalue weighted by Crippen LogP contribution is -1.99. The fourth-order valence-electron chi connectivity index (χ4n) is 1.99. The molecule has 0 aliphatic rings. The molecule has 1 aromatic rings. The van der Waals surface area contributed by atoms with E-state index in [0.717, 1.165) is 45.2 Å². The standard InChI is InChI=1S/C16H25NO2/c18-12-5-3-1-2-4-6-13-19-14-8-10-16-9-7-11-17-15-16/h7,9,11-12,15H,1-6,8,10,13-14H2. The van der Waals surface area contributed by atoms with Gasteiger partial charge in [0.05, 0.1) is 0 Å². The van der Waals surface area contributed by atoms with Crippen LogP contribution in [0.5, 0.6) is 0 Å². The van der Waals surface area contributed by atoms with Crippen molar-refractivity contribution in [1.82, 2.24) is 4.98 Å². The van der Waals surface area contributed by atoms with E-state index >= 15 is 0 Å². The van der Waals surface area contributed by atoms with E-state index in [4.69, 9.17) is 4.74 Å². The minimum Gasteiger partial charge on any atom is -0.381 e. The summed E-state index contributed by atoms with van der Waals surface area (Å²) in [4.78, 5) is 14.2. The average Bonchev–Trinajstić information content (AvgIpc) is 2.46. The van der Waals surface area contributed by atoms with E-state index in [2.05, 4.69) is 11.1 Å². The summed E-state index contributed by atoms with van der Waals surface area (Å²) in [5, 5.41) is 0. The van der Waals surface area contributed by atoms with Crippen molar-refractivity contribution in [2.75, 3.05) is 13.2 Å². The van der Waals surface area contributed by atoms with E-state index in [-0.39, 0.29) is 0 Å². The van der Waals surface area contributed by atoms with Crippen molar-refractivity contribution in [2.24, 2.45) is 0 Å². The van der Waals surface area contributed by atoms with Gasteiger partial charge in [0.2, 0.25) is 0 Å². The highest BCUT2D eigenvalue weighted by Crippen LogP contribution is 2.05. The smallest absolute Gasteiger partial charge is 0.119 e. The van der Waals surface area contributed by atoms with Crippen LogP contribution in [0.25, 0.3) is 0 Å². The number of aldehydes is 1. The molecule has 0 N–H and O–H groups in total. The van der Waals surface area contributed by atoms with Gasteiger partial charge < -0.3 is 9.53 Å². The fraction of sp³-hybridized carbons (Fsp3) is 0.625. The van der Waals surface area contributed by atoms with Gasteiger partial charge in [-0.05, 0) is 37.3 Å². The lowest BCUT2D eigenvalue weighted by Gasteiger charge is -2.04. The summed E-state index contributed by atoms with van der Waals surface area (Å²) in [6.07, 6.45) is 13.3. The van der Waals surface area contributed by atoms with E-state index in [1.54, 1.807) is 6.20 Å². The molecule has 1 rings (SSSR count). The maximum absolute atomic E-state index is 10.1. The molecule has 0 aliphatic heterocycles. The number of carbonyl (C=O) groups excluding carboxylic acids is 1. The van der Waals surface area contributed by atoms with Crippen LogP contribution < -0.4 is 0 Å². The number of aromatic nitrogens is 1. The molecule has 0 saturated heterocycles. The predicted octanol–water partition coefficient (Wildman–Crippen LogP) is 3.57. The quantitative estimate of drug-likeness (QED) is 0.427. The van der Waals surface area contributed by atoms with Crippen LogP contribution >= 0.6 is 0 Å². The van der Waals surface area contributed by atoms with Gasteiger partial charge in [-0.3, -0.25) is 4.98 Å². The van der Waals surface area contributed by atoms with Crippen LogP contribution in [-0.2, 0) is 16.0 Å². The summed E-state index contributed by atoms with van der Waals surface area (Å²) < 4.78 is 5.61. The molecule has 0 aliphatic carbocycles. The highest BCUT2D eigenvalue weighted by molar-refractivity contribution is 5.48. The third-order valence-corrected chi connectivity index (χ3v) is 3.09. The summed E-state index contributed by atoms with van der Waals surface area (Å²) in [6.45, 7) is 1.70. The number of unbranched alkanes of at least 4 members (excludes halogenated alkanes) is 5. The largest absolute Gasteiger partial charge is 0.381 e. The molecule has 3 nitrogen and oxygen atoms in total. The molecule has 0 atom stereocenters. The summed E-state index contributed by atoms with van der Waals surface area (Å²) in [5.41, 5.74) is 1.28. The number of aryl methyl sites for hydroxylation is 1. The highest BCUT2D eigenvalue weighted by atomic mass is 16.5. The molecule has 0 unspecified atom stereocenters. The van der Waals surface area contributed by atoms with Gasteiger partial charge >= 0.3 is 0 Å². The first-order chi connectivity index (χ1) is 9.43. The molecule has 1 heterocycles. The van der Waals surface area contributed by atoms with E-state index in [1.165, 1.54) is 24.8 Å². The van der Waals surface area contributed by atoms with Crippen LogP contribution in [0.15, 0.2) is 24.5 Å². The van der Waals surface area contributed by atoms with E-state index < -0.39 is 0 Å². The molecular formula is C16H25NO2. The first-order valence-corrected chi connectivity index (χ1v) is 7.34. The number of nitrogens with zero attached hydrogens (tertiary/aromatic N) is 1. The van der Waals surface area contributed by atoms with Crippen molar-refractivity contribution in [3.8, 4) is 0 Å². The molecule has 0 aromatic carbocycles. The van der Waals surface area contributed by atoms with Crippen molar-refractivity contribution < 1.29 is 9.53 Å². The Morgan fingerprint density at radius 2 is 1.84 bits per heavy atom. The Bertz CT molecular complexity index is 314. The van der Waals surface area contributed by atoms with Crippen LogP contribution in [0.3, 0.4) is 0 Å². The Balaban J connectivity index is 1.80. The van der Waals surface area contributed by atoms with Gasteiger partial charge in [-0.1, -0.05) is 25.3 Å². The SMILES string of the molecule is O=CCCCCCCCOCCCc1cccnc1. The summed E-state index contributed by atoms with van der Waals surface area (Å²) in [5.74, 6) is 0. The minimum atomic E-state index is 0.713. The Kier molecular flexibility index (Phi) is 9.87. The predicted molar refractivity (Wildman–Crippen MR) is 77.1 cm³/mol. The molecule has 0 fully saturated rings. The summed E-state index contributed by atoms with van der Waals surface area (Å²) >= 11 is 0. The van der Waals surface area contributed by atoms with Crippen LogP contribution in [0.2, 0.25) is 0 Å². The molecule has 0 bridgehead atoms. The van der Waals surface area contributed by atoms with Crippen molar-refractivity contribution in [3.05, 3.63) is 30.1 Å². The van der Waals surface area contributed by atoms with Crippen LogP contribution in [0.1, 0.15) is 50.5 Å². The topological polar surface area (TPSA) is 39.2 Å². The lowest BCUT2D eigenvalue weighted by molar-refractivity contribution is -0.107. The summed E-state index contributed by atoms with van der Waals surface area (Å²) in [6, 6.07) is 4.08. The number of carbonyl (C=O) groups is 1. The molecule has 1 aromatic heterocycles. The van der Waals surface area contributed by atoms with Gasteiger partial charge in [-0.15, -0.1) is 0 Å². The zero-order chi connectivity index (χ0) is 13.6. The van der Waals surface area contributed by atoms with Crippen molar-refractivity contribution in [1.29, 1.82) is 0 Å². The number of pyridine rings is 1.